The third kappa shape index (κ3) is 5.37. The van der Waals surface area contributed by atoms with Crippen LogP contribution in [0.2, 0.25) is 0 Å². The molecule has 3 amide bonds. The van der Waals surface area contributed by atoms with Crippen LogP contribution in [0.3, 0.4) is 0 Å². The predicted molar refractivity (Wildman–Crippen MR) is 159 cm³/mol. The van der Waals surface area contributed by atoms with Gasteiger partial charge in [-0.2, -0.15) is 0 Å². The van der Waals surface area contributed by atoms with E-state index in [-0.39, 0.29) is 23.1 Å². The number of thiazole rings is 1. The maximum atomic E-state index is 13.8. The van der Waals surface area contributed by atoms with Gasteiger partial charge in [-0.05, 0) is 66.2 Å². The number of benzene rings is 3. The van der Waals surface area contributed by atoms with Crippen LogP contribution < -0.4 is 29.3 Å². The Hall–Kier alpha value is -4.62. The SMILES string of the molecule is COc1ccc(NC(=O)COc2ccc(C3c4sc(=O)[nH]c4SC4C(=O)N(c5ccc(F)cc5)C(=O)C43)cc2OC)cc1. The molecule has 2 aliphatic rings. The maximum absolute atomic E-state index is 13.8. The van der Waals surface area contributed by atoms with E-state index in [9.17, 15) is 23.6 Å². The number of thioether (sulfide) groups is 1. The van der Waals surface area contributed by atoms with E-state index >= 15 is 0 Å². The molecular weight excluding hydrogens is 597 g/mol. The monoisotopic (exact) mass is 621 g/mol. The molecule has 1 saturated heterocycles. The van der Waals surface area contributed by atoms with Gasteiger partial charge in [0.15, 0.2) is 18.1 Å². The summed E-state index contributed by atoms with van der Waals surface area (Å²) in [6, 6.07) is 17.1. The third-order valence-electron chi connectivity index (χ3n) is 7.19. The zero-order valence-electron chi connectivity index (χ0n) is 22.8. The molecule has 220 valence electrons. The molecule has 2 N–H and O–H groups in total. The number of ether oxygens (including phenoxy) is 3. The average molecular weight is 622 g/mol. The fourth-order valence-electron chi connectivity index (χ4n) is 5.23. The molecule has 6 rings (SSSR count). The van der Waals surface area contributed by atoms with Crippen molar-refractivity contribution >= 4 is 52.2 Å². The predicted octanol–water partition coefficient (Wildman–Crippen LogP) is 4.41. The normalized spacial score (nSPS) is 19.0. The first kappa shape index (κ1) is 28.5. The summed E-state index contributed by atoms with van der Waals surface area (Å²) in [6.45, 7) is -0.296. The number of hydrogen-bond acceptors (Lipinski definition) is 9. The Balaban J connectivity index is 1.27. The summed E-state index contributed by atoms with van der Waals surface area (Å²) in [7, 11) is 3.00. The largest absolute Gasteiger partial charge is 0.497 e. The second-order valence-electron chi connectivity index (χ2n) is 9.71. The van der Waals surface area contributed by atoms with Gasteiger partial charge >= 0.3 is 4.87 Å². The van der Waals surface area contributed by atoms with E-state index < -0.39 is 34.7 Å². The van der Waals surface area contributed by atoms with Gasteiger partial charge in [-0.25, -0.2) is 9.29 Å². The van der Waals surface area contributed by atoms with Crippen molar-refractivity contribution in [3.8, 4) is 17.2 Å². The molecule has 0 saturated carbocycles. The molecule has 2 aliphatic heterocycles. The number of hydrogen-bond donors (Lipinski definition) is 2. The Kier molecular flexibility index (Phi) is 7.67. The first-order valence-corrected chi connectivity index (χ1v) is 14.7. The minimum Gasteiger partial charge on any atom is -0.497 e. The van der Waals surface area contributed by atoms with Crippen molar-refractivity contribution in [3.63, 3.8) is 0 Å². The Labute approximate surface area is 252 Å². The first-order valence-electron chi connectivity index (χ1n) is 13.0. The number of aromatic nitrogens is 1. The molecule has 13 heteroatoms. The smallest absolute Gasteiger partial charge is 0.305 e. The van der Waals surface area contributed by atoms with Gasteiger partial charge in [-0.3, -0.25) is 19.2 Å². The summed E-state index contributed by atoms with van der Waals surface area (Å²) in [5.74, 6) is -1.97. The van der Waals surface area contributed by atoms with E-state index in [1.54, 1.807) is 49.6 Å². The highest BCUT2D eigenvalue weighted by atomic mass is 32.2. The molecule has 1 fully saturated rings. The van der Waals surface area contributed by atoms with Crippen LogP contribution in [0, 0.1) is 11.7 Å². The van der Waals surface area contributed by atoms with Crippen molar-refractivity contribution in [1.29, 1.82) is 0 Å². The fourth-order valence-corrected chi connectivity index (χ4v) is 7.75. The van der Waals surface area contributed by atoms with Gasteiger partial charge in [0.05, 0.1) is 30.9 Å². The zero-order valence-corrected chi connectivity index (χ0v) is 24.4. The summed E-state index contributed by atoms with van der Waals surface area (Å²) in [5.41, 5.74) is 1.48. The topological polar surface area (TPSA) is 127 Å². The van der Waals surface area contributed by atoms with E-state index in [2.05, 4.69) is 10.3 Å². The summed E-state index contributed by atoms with van der Waals surface area (Å²) in [5, 5.41) is 2.47. The Morgan fingerprint density at radius 1 is 0.953 bits per heavy atom. The number of aromatic amines is 1. The van der Waals surface area contributed by atoms with E-state index in [0.717, 1.165) is 28.0 Å². The van der Waals surface area contributed by atoms with Crippen LogP contribution in [0.1, 0.15) is 16.4 Å². The number of rotatable bonds is 8. The molecule has 0 bridgehead atoms. The minimum absolute atomic E-state index is 0.274. The molecule has 4 aromatic rings. The molecule has 3 heterocycles. The Morgan fingerprint density at radius 3 is 2.40 bits per heavy atom. The molecule has 43 heavy (non-hydrogen) atoms. The van der Waals surface area contributed by atoms with Crippen molar-refractivity contribution in [2.75, 3.05) is 31.0 Å². The first-order chi connectivity index (χ1) is 20.8. The molecule has 3 unspecified atom stereocenters. The summed E-state index contributed by atoms with van der Waals surface area (Å²) < 4.78 is 30.0. The fraction of sp³-hybridized carbons (Fsp3) is 0.200. The molecule has 3 aromatic carbocycles. The van der Waals surface area contributed by atoms with Crippen molar-refractivity contribution in [2.24, 2.45) is 5.92 Å². The number of anilines is 2. The number of methoxy groups -OCH3 is 2. The van der Waals surface area contributed by atoms with Crippen LogP contribution in [0.4, 0.5) is 15.8 Å². The summed E-state index contributed by atoms with van der Waals surface area (Å²) in [6.07, 6.45) is 0. The quantitative estimate of drug-likeness (QED) is 0.277. The average Bonchev–Trinajstić information content (AvgIpc) is 3.50. The third-order valence-corrected chi connectivity index (χ3v) is 9.59. The standard InChI is InChI=1S/C30H24FN3O7S2/c1-39-19-10-6-17(7-11-19)32-22(35)14-41-20-12-3-15(13-21(20)40-2)23-24-26(42-27-25(23)43-30(38)33-27)29(37)34(28(24)36)18-8-4-16(31)5-9-18/h3-13,23-24,26H,14H2,1-2H3,(H,32,35)(H,33,38). The van der Waals surface area contributed by atoms with Crippen LogP contribution in [0.15, 0.2) is 76.6 Å². The number of fused-ring (bicyclic) bond motifs is 2. The number of H-pyrrole nitrogens is 1. The van der Waals surface area contributed by atoms with E-state index in [1.165, 1.54) is 31.4 Å². The van der Waals surface area contributed by atoms with Crippen LogP contribution >= 0.6 is 23.1 Å². The molecular formula is C30H24FN3O7S2. The molecule has 10 nitrogen and oxygen atoms in total. The summed E-state index contributed by atoms with van der Waals surface area (Å²) >= 11 is 2.13. The minimum atomic E-state index is -0.826. The van der Waals surface area contributed by atoms with Crippen molar-refractivity contribution in [3.05, 3.63) is 92.7 Å². The zero-order chi connectivity index (χ0) is 30.2. The van der Waals surface area contributed by atoms with E-state index in [1.807, 2.05) is 0 Å². The lowest BCUT2D eigenvalue weighted by molar-refractivity contribution is -0.122. The number of imide groups is 1. The number of amides is 3. The van der Waals surface area contributed by atoms with E-state index in [4.69, 9.17) is 14.2 Å². The highest BCUT2D eigenvalue weighted by Gasteiger charge is 2.56. The van der Waals surface area contributed by atoms with Gasteiger partial charge in [0.2, 0.25) is 11.8 Å². The van der Waals surface area contributed by atoms with Crippen molar-refractivity contribution < 1.29 is 33.0 Å². The number of carbonyl (C=O) groups excluding carboxylic acids is 3. The second kappa shape index (κ2) is 11.6. The Bertz CT molecular complexity index is 1770. The van der Waals surface area contributed by atoms with E-state index in [0.29, 0.717) is 38.4 Å². The molecule has 0 spiro atoms. The van der Waals surface area contributed by atoms with Crippen molar-refractivity contribution in [1.82, 2.24) is 4.98 Å². The molecule has 3 atom stereocenters. The number of halogens is 1. The number of nitrogens with one attached hydrogen (secondary N) is 2. The van der Waals surface area contributed by atoms with Crippen LogP contribution in [-0.2, 0) is 14.4 Å². The van der Waals surface area contributed by atoms with Gasteiger partial charge < -0.3 is 24.5 Å². The lowest BCUT2D eigenvalue weighted by Crippen LogP contribution is -2.32. The highest BCUT2D eigenvalue weighted by molar-refractivity contribution is 8.00. The Morgan fingerprint density at radius 2 is 1.70 bits per heavy atom. The maximum Gasteiger partial charge on any atom is 0.305 e. The lowest BCUT2D eigenvalue weighted by Gasteiger charge is -2.30. The van der Waals surface area contributed by atoms with Crippen LogP contribution in [0.25, 0.3) is 0 Å². The van der Waals surface area contributed by atoms with Gasteiger partial charge in [0.25, 0.3) is 5.91 Å². The lowest BCUT2D eigenvalue weighted by atomic mass is 9.83. The van der Waals surface area contributed by atoms with Gasteiger partial charge in [0.1, 0.15) is 16.8 Å². The number of nitrogens with zero attached hydrogens (tertiary/aromatic N) is 1. The van der Waals surface area contributed by atoms with Gasteiger partial charge in [-0.1, -0.05) is 29.2 Å². The summed E-state index contributed by atoms with van der Waals surface area (Å²) in [4.78, 5) is 56.5. The van der Waals surface area contributed by atoms with Crippen LogP contribution in [0.5, 0.6) is 17.2 Å². The van der Waals surface area contributed by atoms with Gasteiger partial charge in [0, 0.05) is 16.5 Å². The second-order valence-corrected chi connectivity index (χ2v) is 11.9. The highest BCUT2D eigenvalue weighted by Crippen LogP contribution is 2.53. The van der Waals surface area contributed by atoms with Crippen molar-refractivity contribution in [2.45, 2.75) is 16.2 Å². The van der Waals surface area contributed by atoms with Gasteiger partial charge in [-0.15, -0.1) is 0 Å². The molecule has 0 aliphatic carbocycles. The molecule has 1 aromatic heterocycles. The number of carbonyl (C=O) groups is 3. The molecule has 0 radical (unpaired) electrons. The van der Waals surface area contributed by atoms with Crippen LogP contribution in [-0.4, -0.2) is 48.8 Å².